The molecule has 4 heteroatoms. The van der Waals surface area contributed by atoms with Crippen LogP contribution in [0.5, 0.6) is 5.75 Å². The van der Waals surface area contributed by atoms with Crippen molar-refractivity contribution in [3.8, 4) is 5.75 Å². The Morgan fingerprint density at radius 3 is 2.72 bits per heavy atom. The van der Waals surface area contributed by atoms with Gasteiger partial charge < -0.3 is 10.5 Å². The van der Waals surface area contributed by atoms with Gasteiger partial charge in [0.25, 0.3) is 0 Å². The minimum atomic E-state index is -0.439. The fourth-order valence-electron chi connectivity index (χ4n) is 1.83. The van der Waals surface area contributed by atoms with Gasteiger partial charge in [-0.2, -0.15) is 0 Å². The Hall–Kier alpha value is -1.39. The van der Waals surface area contributed by atoms with E-state index in [0.29, 0.717) is 5.56 Å². The van der Waals surface area contributed by atoms with Crippen molar-refractivity contribution in [2.24, 2.45) is 5.73 Å². The lowest BCUT2D eigenvalue weighted by Crippen LogP contribution is -2.12. The molecule has 0 radical (unpaired) electrons. The molecule has 1 aromatic carbocycles. The highest BCUT2D eigenvalue weighted by atomic mass is 32.1. The van der Waals surface area contributed by atoms with Crippen molar-refractivity contribution in [2.75, 3.05) is 7.11 Å². The molecule has 0 saturated carbocycles. The third-order valence-corrected chi connectivity index (χ3v) is 4.20. The molecule has 0 fully saturated rings. The average molecular weight is 265 g/mol. The van der Waals surface area contributed by atoms with Crippen LogP contribution in [0, 0.1) is 5.82 Å². The zero-order valence-corrected chi connectivity index (χ0v) is 11.3. The van der Waals surface area contributed by atoms with Gasteiger partial charge in [0.2, 0.25) is 0 Å². The van der Waals surface area contributed by atoms with Gasteiger partial charge >= 0.3 is 0 Å². The van der Waals surface area contributed by atoms with E-state index in [1.54, 1.807) is 29.5 Å². The fourth-order valence-corrected chi connectivity index (χ4v) is 2.80. The summed E-state index contributed by atoms with van der Waals surface area (Å²) in [5.74, 6) is -0.144. The first-order valence-electron chi connectivity index (χ1n) is 5.84. The van der Waals surface area contributed by atoms with Crippen LogP contribution in [0.3, 0.4) is 0 Å². The second kappa shape index (κ2) is 5.50. The second-order valence-electron chi connectivity index (χ2n) is 4.00. The molecule has 0 saturated heterocycles. The molecule has 2 nitrogen and oxygen atoms in total. The van der Waals surface area contributed by atoms with Crippen LogP contribution in [0.25, 0.3) is 0 Å². The van der Waals surface area contributed by atoms with Gasteiger partial charge in [-0.25, -0.2) is 4.39 Å². The predicted molar refractivity (Wildman–Crippen MR) is 72.7 cm³/mol. The summed E-state index contributed by atoms with van der Waals surface area (Å²) < 4.78 is 19.1. The smallest absolute Gasteiger partial charge is 0.170 e. The maximum atomic E-state index is 14.1. The van der Waals surface area contributed by atoms with Crippen LogP contribution < -0.4 is 10.5 Å². The number of thiophene rings is 1. The lowest BCUT2D eigenvalue weighted by Gasteiger charge is -2.13. The van der Waals surface area contributed by atoms with E-state index < -0.39 is 6.04 Å². The Kier molecular flexibility index (Phi) is 3.99. The highest BCUT2D eigenvalue weighted by molar-refractivity contribution is 7.12. The van der Waals surface area contributed by atoms with Gasteiger partial charge in [-0.3, -0.25) is 0 Å². The van der Waals surface area contributed by atoms with Crippen molar-refractivity contribution in [1.29, 1.82) is 0 Å². The van der Waals surface area contributed by atoms with E-state index in [4.69, 9.17) is 10.5 Å². The number of hydrogen-bond donors (Lipinski definition) is 1. The molecule has 0 aliphatic heterocycles. The van der Waals surface area contributed by atoms with Crippen molar-refractivity contribution >= 4 is 11.3 Å². The molecule has 0 spiro atoms. The van der Waals surface area contributed by atoms with Gasteiger partial charge in [-0.1, -0.05) is 19.1 Å². The van der Waals surface area contributed by atoms with Crippen LogP contribution in [0.2, 0.25) is 0 Å². The van der Waals surface area contributed by atoms with Crippen LogP contribution >= 0.6 is 11.3 Å². The third-order valence-electron chi connectivity index (χ3n) is 2.89. The molecule has 1 atom stereocenters. The number of benzene rings is 1. The second-order valence-corrected chi connectivity index (χ2v) is 5.20. The molecule has 2 N–H and O–H groups in total. The average Bonchev–Trinajstić information content (AvgIpc) is 2.87. The number of hydrogen-bond acceptors (Lipinski definition) is 3. The number of rotatable bonds is 4. The van der Waals surface area contributed by atoms with E-state index in [-0.39, 0.29) is 11.6 Å². The Labute approximate surface area is 110 Å². The molecule has 2 aromatic rings. The Bertz CT molecular complexity index is 538. The monoisotopic (exact) mass is 265 g/mol. The normalized spacial score (nSPS) is 12.4. The third kappa shape index (κ3) is 2.40. The highest BCUT2D eigenvalue weighted by Gasteiger charge is 2.18. The summed E-state index contributed by atoms with van der Waals surface area (Å²) in [7, 11) is 1.45. The number of nitrogens with two attached hydrogens (primary N) is 1. The van der Waals surface area contributed by atoms with Crippen molar-refractivity contribution < 1.29 is 9.13 Å². The molecule has 2 rings (SSSR count). The summed E-state index contributed by atoms with van der Waals surface area (Å²) in [6.07, 6.45) is 0.970. The largest absolute Gasteiger partial charge is 0.494 e. The molecule has 0 bridgehead atoms. The van der Waals surface area contributed by atoms with Crippen LogP contribution in [0.15, 0.2) is 30.3 Å². The predicted octanol–water partition coefficient (Wildman–Crippen LogP) is 3.51. The van der Waals surface area contributed by atoms with Crippen molar-refractivity contribution in [1.82, 2.24) is 0 Å². The molecule has 1 heterocycles. The van der Waals surface area contributed by atoms with Gasteiger partial charge in [-0.15, -0.1) is 11.3 Å². The standard InChI is InChI=1S/C14H16FNOS/c1-3-9-7-8-12(18-9)14(16)10-5-4-6-11(17-2)13(10)15/h4-8,14H,3,16H2,1-2H3. The van der Waals surface area contributed by atoms with Crippen molar-refractivity contribution in [3.63, 3.8) is 0 Å². The van der Waals surface area contributed by atoms with E-state index in [1.165, 1.54) is 12.0 Å². The van der Waals surface area contributed by atoms with E-state index in [0.717, 1.165) is 11.3 Å². The first-order valence-corrected chi connectivity index (χ1v) is 6.65. The zero-order chi connectivity index (χ0) is 13.1. The molecule has 1 unspecified atom stereocenters. The topological polar surface area (TPSA) is 35.2 Å². The van der Waals surface area contributed by atoms with Crippen LogP contribution in [-0.2, 0) is 6.42 Å². The molecule has 0 amide bonds. The van der Waals surface area contributed by atoms with E-state index >= 15 is 0 Å². The summed E-state index contributed by atoms with van der Waals surface area (Å²) in [6.45, 7) is 2.09. The fraction of sp³-hybridized carbons (Fsp3) is 0.286. The molecule has 18 heavy (non-hydrogen) atoms. The SMILES string of the molecule is CCc1ccc(C(N)c2cccc(OC)c2F)s1. The highest BCUT2D eigenvalue weighted by Crippen LogP contribution is 2.31. The lowest BCUT2D eigenvalue weighted by molar-refractivity contribution is 0.383. The summed E-state index contributed by atoms with van der Waals surface area (Å²) in [5, 5.41) is 0. The van der Waals surface area contributed by atoms with Gasteiger partial charge in [0.15, 0.2) is 11.6 Å². The van der Waals surface area contributed by atoms with Gasteiger partial charge in [-0.05, 0) is 24.6 Å². The van der Waals surface area contributed by atoms with Crippen molar-refractivity contribution in [2.45, 2.75) is 19.4 Å². The van der Waals surface area contributed by atoms with E-state index in [9.17, 15) is 4.39 Å². The summed E-state index contributed by atoms with van der Waals surface area (Å²) in [4.78, 5) is 2.22. The van der Waals surface area contributed by atoms with Gasteiger partial charge in [0.1, 0.15) is 0 Å². The van der Waals surface area contributed by atoms with Crippen LogP contribution in [-0.4, -0.2) is 7.11 Å². The van der Waals surface area contributed by atoms with Crippen LogP contribution in [0.4, 0.5) is 4.39 Å². The summed E-state index contributed by atoms with van der Waals surface area (Å²) >= 11 is 1.63. The number of methoxy groups -OCH3 is 1. The zero-order valence-electron chi connectivity index (χ0n) is 10.4. The maximum Gasteiger partial charge on any atom is 0.170 e. The first-order chi connectivity index (χ1) is 8.67. The minimum Gasteiger partial charge on any atom is -0.494 e. The molecule has 0 aliphatic rings. The maximum absolute atomic E-state index is 14.1. The lowest BCUT2D eigenvalue weighted by atomic mass is 10.1. The Morgan fingerprint density at radius 2 is 2.11 bits per heavy atom. The van der Waals surface area contributed by atoms with Crippen LogP contribution in [0.1, 0.15) is 28.3 Å². The minimum absolute atomic E-state index is 0.232. The number of halogens is 1. The first kappa shape index (κ1) is 13.1. The van der Waals surface area contributed by atoms with E-state index in [2.05, 4.69) is 6.92 Å². The summed E-state index contributed by atoms with van der Waals surface area (Å²) in [6, 6.07) is 8.62. The Balaban J connectivity index is 2.36. The number of aryl methyl sites for hydroxylation is 1. The van der Waals surface area contributed by atoms with Gasteiger partial charge in [0.05, 0.1) is 13.2 Å². The summed E-state index contributed by atoms with van der Waals surface area (Å²) in [5.41, 5.74) is 6.59. The molecule has 96 valence electrons. The quantitative estimate of drug-likeness (QED) is 0.918. The van der Waals surface area contributed by atoms with Gasteiger partial charge in [0, 0.05) is 15.3 Å². The number of ether oxygens (including phenoxy) is 1. The van der Waals surface area contributed by atoms with Crippen molar-refractivity contribution in [3.05, 3.63) is 51.5 Å². The molecule has 1 aromatic heterocycles. The molecule has 0 aliphatic carbocycles. The van der Waals surface area contributed by atoms with E-state index in [1.807, 2.05) is 12.1 Å². The molecular weight excluding hydrogens is 249 g/mol. The Morgan fingerprint density at radius 1 is 1.33 bits per heavy atom. The molecular formula is C14H16FNOS.